The van der Waals surface area contributed by atoms with Crippen molar-refractivity contribution in [3.63, 3.8) is 0 Å². The molecule has 0 saturated carbocycles. The standard InChI is InChI=1S/C14H9ClF2N2/c15-11-3-1-2-4-13(11)19-14(8-18)10-6-5-9(16)7-12(10)17/h1-7,14,19H. The number of anilines is 1. The van der Waals surface area contributed by atoms with Gasteiger partial charge >= 0.3 is 0 Å². The highest BCUT2D eigenvalue weighted by atomic mass is 35.5. The van der Waals surface area contributed by atoms with Gasteiger partial charge in [-0.25, -0.2) is 8.78 Å². The lowest BCUT2D eigenvalue weighted by Crippen LogP contribution is -2.10. The van der Waals surface area contributed by atoms with Crippen LogP contribution in [-0.2, 0) is 0 Å². The van der Waals surface area contributed by atoms with Crippen LogP contribution < -0.4 is 5.32 Å². The monoisotopic (exact) mass is 278 g/mol. The largest absolute Gasteiger partial charge is 0.365 e. The second-order valence-electron chi connectivity index (χ2n) is 3.85. The van der Waals surface area contributed by atoms with Gasteiger partial charge in [-0.05, 0) is 18.2 Å². The molecule has 0 radical (unpaired) electrons. The predicted molar refractivity (Wildman–Crippen MR) is 69.8 cm³/mol. The third-order valence-electron chi connectivity index (χ3n) is 2.58. The molecule has 2 aromatic rings. The highest BCUT2D eigenvalue weighted by Gasteiger charge is 2.16. The van der Waals surface area contributed by atoms with Crippen LogP contribution in [0.3, 0.4) is 0 Å². The summed E-state index contributed by atoms with van der Waals surface area (Å²) < 4.78 is 26.5. The number of hydrogen-bond donors (Lipinski definition) is 1. The van der Waals surface area contributed by atoms with Gasteiger partial charge in [-0.3, -0.25) is 0 Å². The molecular weight excluding hydrogens is 270 g/mol. The van der Waals surface area contributed by atoms with E-state index in [0.717, 1.165) is 12.1 Å². The fourth-order valence-corrected chi connectivity index (χ4v) is 1.84. The maximum atomic E-state index is 13.6. The van der Waals surface area contributed by atoms with Crippen molar-refractivity contribution in [1.82, 2.24) is 0 Å². The summed E-state index contributed by atoms with van der Waals surface area (Å²) in [5.74, 6) is -1.46. The number of para-hydroxylation sites is 1. The van der Waals surface area contributed by atoms with E-state index in [1.807, 2.05) is 6.07 Å². The first-order valence-corrected chi connectivity index (χ1v) is 5.85. The molecule has 96 valence electrons. The van der Waals surface area contributed by atoms with E-state index in [4.69, 9.17) is 16.9 Å². The Morgan fingerprint density at radius 3 is 2.53 bits per heavy atom. The fraction of sp³-hybridized carbons (Fsp3) is 0.0714. The molecule has 19 heavy (non-hydrogen) atoms. The minimum absolute atomic E-state index is 0.0730. The summed E-state index contributed by atoms with van der Waals surface area (Å²) in [6.07, 6.45) is 0. The molecule has 2 rings (SSSR count). The molecule has 0 amide bonds. The topological polar surface area (TPSA) is 35.8 Å². The van der Waals surface area contributed by atoms with Crippen LogP contribution in [0.5, 0.6) is 0 Å². The van der Waals surface area contributed by atoms with Crippen molar-refractivity contribution in [2.75, 3.05) is 5.32 Å². The first-order valence-electron chi connectivity index (χ1n) is 5.47. The van der Waals surface area contributed by atoms with E-state index in [0.29, 0.717) is 10.7 Å². The molecule has 0 aliphatic heterocycles. The summed E-state index contributed by atoms with van der Waals surface area (Å²) in [5.41, 5.74) is 0.586. The molecule has 1 N–H and O–H groups in total. The molecule has 0 spiro atoms. The maximum Gasteiger partial charge on any atom is 0.143 e. The van der Waals surface area contributed by atoms with Crippen molar-refractivity contribution < 1.29 is 8.78 Å². The average Bonchev–Trinajstić information content (AvgIpc) is 2.39. The van der Waals surface area contributed by atoms with Crippen molar-refractivity contribution in [1.29, 1.82) is 5.26 Å². The van der Waals surface area contributed by atoms with Crippen LogP contribution >= 0.6 is 11.6 Å². The van der Waals surface area contributed by atoms with Gasteiger partial charge in [0.1, 0.15) is 17.7 Å². The van der Waals surface area contributed by atoms with Gasteiger partial charge in [-0.2, -0.15) is 5.26 Å². The minimum Gasteiger partial charge on any atom is -0.365 e. The normalized spacial score (nSPS) is 11.7. The second-order valence-corrected chi connectivity index (χ2v) is 4.26. The number of nitrogens with one attached hydrogen (secondary N) is 1. The zero-order chi connectivity index (χ0) is 13.8. The van der Waals surface area contributed by atoms with E-state index in [2.05, 4.69) is 5.32 Å². The Morgan fingerprint density at radius 1 is 1.16 bits per heavy atom. The molecule has 0 aromatic heterocycles. The van der Waals surface area contributed by atoms with E-state index in [9.17, 15) is 8.78 Å². The minimum atomic E-state index is -0.944. The summed E-state index contributed by atoms with van der Waals surface area (Å²) in [6, 6.07) is 10.9. The SMILES string of the molecule is N#CC(Nc1ccccc1Cl)c1ccc(F)cc1F. The third kappa shape index (κ3) is 3.01. The Labute approximate surface area is 114 Å². The molecule has 5 heteroatoms. The van der Waals surface area contributed by atoms with Crippen LogP contribution in [0.1, 0.15) is 11.6 Å². The molecule has 1 atom stereocenters. The third-order valence-corrected chi connectivity index (χ3v) is 2.91. The quantitative estimate of drug-likeness (QED) is 0.909. The number of rotatable bonds is 3. The van der Waals surface area contributed by atoms with E-state index in [1.54, 1.807) is 24.3 Å². The molecule has 2 aromatic carbocycles. The van der Waals surface area contributed by atoms with Gasteiger partial charge in [-0.15, -0.1) is 0 Å². The average molecular weight is 279 g/mol. The van der Waals surface area contributed by atoms with Gasteiger partial charge in [0.2, 0.25) is 0 Å². The second kappa shape index (κ2) is 5.68. The van der Waals surface area contributed by atoms with Crippen LogP contribution in [0.15, 0.2) is 42.5 Å². The predicted octanol–water partition coefficient (Wildman–Crippen LogP) is 4.29. The van der Waals surface area contributed by atoms with Crippen LogP contribution in [0.4, 0.5) is 14.5 Å². The lowest BCUT2D eigenvalue weighted by atomic mass is 10.1. The number of halogens is 3. The molecule has 1 unspecified atom stereocenters. The molecular formula is C14H9ClF2N2. The molecule has 0 saturated heterocycles. The van der Waals surface area contributed by atoms with Gasteiger partial charge in [-0.1, -0.05) is 29.8 Å². The molecule has 2 nitrogen and oxygen atoms in total. The summed E-state index contributed by atoms with van der Waals surface area (Å²) in [6.45, 7) is 0. The van der Waals surface area contributed by atoms with E-state index < -0.39 is 17.7 Å². The molecule has 0 aliphatic rings. The van der Waals surface area contributed by atoms with Crippen molar-refractivity contribution in [3.05, 3.63) is 64.7 Å². The zero-order valence-electron chi connectivity index (χ0n) is 9.70. The summed E-state index contributed by atoms with van der Waals surface area (Å²) in [7, 11) is 0. The van der Waals surface area contributed by atoms with Crippen molar-refractivity contribution in [2.45, 2.75) is 6.04 Å². The van der Waals surface area contributed by atoms with Gasteiger partial charge in [0.25, 0.3) is 0 Å². The van der Waals surface area contributed by atoms with Gasteiger partial charge < -0.3 is 5.32 Å². The van der Waals surface area contributed by atoms with Gasteiger partial charge in [0.15, 0.2) is 0 Å². The van der Waals surface area contributed by atoms with E-state index in [-0.39, 0.29) is 5.56 Å². The smallest absolute Gasteiger partial charge is 0.143 e. The fourth-order valence-electron chi connectivity index (χ4n) is 1.65. The first-order chi connectivity index (χ1) is 9.11. The Balaban J connectivity index is 2.31. The first kappa shape index (κ1) is 13.3. The Morgan fingerprint density at radius 2 is 1.89 bits per heavy atom. The summed E-state index contributed by atoms with van der Waals surface area (Å²) >= 11 is 5.95. The summed E-state index contributed by atoms with van der Waals surface area (Å²) in [4.78, 5) is 0. The van der Waals surface area contributed by atoms with Crippen LogP contribution in [0.2, 0.25) is 5.02 Å². The van der Waals surface area contributed by atoms with Crippen molar-refractivity contribution in [2.24, 2.45) is 0 Å². The van der Waals surface area contributed by atoms with Crippen LogP contribution in [0.25, 0.3) is 0 Å². The zero-order valence-corrected chi connectivity index (χ0v) is 10.5. The van der Waals surface area contributed by atoms with Crippen LogP contribution in [-0.4, -0.2) is 0 Å². The Hall–Kier alpha value is -2.12. The number of hydrogen-bond acceptors (Lipinski definition) is 2. The Bertz CT molecular complexity index is 638. The molecule has 0 fully saturated rings. The lowest BCUT2D eigenvalue weighted by molar-refractivity contribution is 0.570. The van der Waals surface area contributed by atoms with E-state index in [1.165, 1.54) is 6.07 Å². The van der Waals surface area contributed by atoms with E-state index >= 15 is 0 Å². The molecule has 0 bridgehead atoms. The number of nitrogens with zero attached hydrogens (tertiary/aromatic N) is 1. The molecule has 0 heterocycles. The highest BCUT2D eigenvalue weighted by Crippen LogP contribution is 2.27. The highest BCUT2D eigenvalue weighted by molar-refractivity contribution is 6.33. The van der Waals surface area contributed by atoms with Crippen LogP contribution in [0, 0.1) is 23.0 Å². The Kier molecular flexibility index (Phi) is 3.98. The number of nitriles is 1. The summed E-state index contributed by atoms with van der Waals surface area (Å²) in [5, 5.41) is 12.3. The lowest BCUT2D eigenvalue weighted by Gasteiger charge is -2.15. The van der Waals surface area contributed by atoms with Crippen molar-refractivity contribution in [3.8, 4) is 6.07 Å². The number of benzene rings is 2. The maximum absolute atomic E-state index is 13.6. The molecule has 0 aliphatic carbocycles. The van der Waals surface area contributed by atoms with Gasteiger partial charge in [0.05, 0.1) is 16.8 Å². The van der Waals surface area contributed by atoms with Crippen molar-refractivity contribution >= 4 is 17.3 Å². The van der Waals surface area contributed by atoms with Gasteiger partial charge in [0, 0.05) is 11.6 Å².